The van der Waals surface area contributed by atoms with Crippen LogP contribution in [0.5, 0.6) is 0 Å². The Morgan fingerprint density at radius 3 is 2.53 bits per heavy atom. The van der Waals surface area contributed by atoms with Gasteiger partial charge in [-0.3, -0.25) is 0 Å². The molecule has 0 N–H and O–H groups in total. The van der Waals surface area contributed by atoms with E-state index in [1.54, 1.807) is 11.3 Å². The van der Waals surface area contributed by atoms with Gasteiger partial charge in [0, 0.05) is 0 Å². The molecule has 0 atom stereocenters. The summed E-state index contributed by atoms with van der Waals surface area (Å²) < 4.78 is 5.00. The van der Waals surface area contributed by atoms with Gasteiger partial charge in [-0.2, -0.15) is 0 Å². The average molecular weight is 369 g/mol. The van der Waals surface area contributed by atoms with Crippen LogP contribution < -0.4 is 8.37 Å². The molecular weight excluding hydrogens is 361 g/mol. The van der Waals surface area contributed by atoms with Crippen LogP contribution in [0.15, 0.2) is 53.0 Å². The van der Waals surface area contributed by atoms with Gasteiger partial charge in [0.25, 0.3) is 0 Å². The Labute approximate surface area is 118 Å². The fraction of sp³-hybridized carbons (Fsp3) is 0. The molecule has 0 bridgehead atoms. The van der Waals surface area contributed by atoms with Gasteiger partial charge in [0.15, 0.2) is 0 Å². The SMILES string of the molecule is Brc1ccc([Se]c2nc3ccccc3s2)cc1. The van der Waals surface area contributed by atoms with Crippen molar-refractivity contribution in [3.63, 3.8) is 0 Å². The van der Waals surface area contributed by atoms with Crippen LogP contribution in [0.3, 0.4) is 0 Å². The van der Waals surface area contributed by atoms with Gasteiger partial charge in [0.1, 0.15) is 0 Å². The summed E-state index contributed by atoms with van der Waals surface area (Å²) in [7, 11) is 0. The van der Waals surface area contributed by atoms with Crippen LogP contribution in [-0.4, -0.2) is 19.9 Å². The molecule has 0 spiro atoms. The van der Waals surface area contributed by atoms with Crippen LogP contribution >= 0.6 is 27.3 Å². The van der Waals surface area contributed by atoms with Crippen molar-refractivity contribution in [3.8, 4) is 0 Å². The maximum atomic E-state index is 4.67. The van der Waals surface area contributed by atoms with E-state index in [0.29, 0.717) is 15.0 Å². The van der Waals surface area contributed by atoms with E-state index < -0.39 is 0 Å². The first-order chi connectivity index (χ1) is 8.31. The first kappa shape index (κ1) is 11.4. The molecule has 1 aromatic heterocycles. The molecule has 4 heteroatoms. The Morgan fingerprint density at radius 2 is 1.76 bits per heavy atom. The zero-order valence-electron chi connectivity index (χ0n) is 8.76. The number of aromatic nitrogens is 1. The molecule has 3 rings (SSSR count). The molecule has 0 unspecified atom stereocenters. The number of hydrogen-bond acceptors (Lipinski definition) is 2. The number of nitrogens with zero attached hydrogens (tertiary/aromatic N) is 1. The number of para-hydroxylation sites is 1. The van der Waals surface area contributed by atoms with Gasteiger partial charge in [-0.15, -0.1) is 0 Å². The van der Waals surface area contributed by atoms with E-state index in [9.17, 15) is 0 Å². The van der Waals surface area contributed by atoms with Crippen LogP contribution in [0.4, 0.5) is 0 Å². The Balaban J connectivity index is 1.92. The standard InChI is InChI=1S/C13H8BrNSSe/c14-9-5-7-10(8-6-9)17-13-15-11-3-1-2-4-12(11)16-13/h1-8H. The summed E-state index contributed by atoms with van der Waals surface area (Å²) in [6, 6.07) is 16.8. The van der Waals surface area contributed by atoms with Crippen LogP contribution in [-0.2, 0) is 0 Å². The van der Waals surface area contributed by atoms with Gasteiger partial charge in [0.05, 0.1) is 0 Å². The summed E-state index contributed by atoms with van der Waals surface area (Å²) in [5.41, 5.74) is 1.12. The Kier molecular flexibility index (Phi) is 3.30. The molecule has 2 aromatic carbocycles. The number of halogens is 1. The molecule has 0 saturated heterocycles. The van der Waals surface area contributed by atoms with Gasteiger partial charge in [0.2, 0.25) is 0 Å². The van der Waals surface area contributed by atoms with Crippen molar-refractivity contribution in [1.29, 1.82) is 0 Å². The van der Waals surface area contributed by atoms with Crippen LogP contribution in [0.2, 0.25) is 0 Å². The van der Waals surface area contributed by atoms with Gasteiger partial charge in [-0.05, 0) is 0 Å². The molecule has 0 saturated carbocycles. The van der Waals surface area contributed by atoms with E-state index in [2.05, 4.69) is 63.4 Å². The summed E-state index contributed by atoms with van der Waals surface area (Å²) in [5.74, 6) is 0. The number of fused-ring (bicyclic) bond motifs is 1. The van der Waals surface area contributed by atoms with E-state index in [1.807, 2.05) is 6.07 Å². The summed E-state index contributed by atoms with van der Waals surface area (Å²) in [6.07, 6.45) is 0. The van der Waals surface area contributed by atoms with Crippen molar-refractivity contribution in [3.05, 3.63) is 53.0 Å². The third kappa shape index (κ3) is 2.61. The second kappa shape index (κ2) is 4.91. The topological polar surface area (TPSA) is 12.9 Å². The summed E-state index contributed by atoms with van der Waals surface area (Å²) in [5, 5.41) is 0. The van der Waals surface area contributed by atoms with E-state index in [1.165, 1.54) is 13.1 Å². The monoisotopic (exact) mass is 369 g/mol. The van der Waals surface area contributed by atoms with Gasteiger partial charge in [-0.25, -0.2) is 0 Å². The number of hydrogen-bond donors (Lipinski definition) is 0. The van der Waals surface area contributed by atoms with Crippen molar-refractivity contribution in [2.75, 3.05) is 0 Å². The second-order valence-electron chi connectivity index (χ2n) is 3.50. The molecule has 3 aromatic rings. The van der Waals surface area contributed by atoms with Crippen molar-refractivity contribution >= 4 is 60.8 Å². The molecule has 0 aliphatic heterocycles. The van der Waals surface area contributed by atoms with Crippen molar-refractivity contribution in [2.45, 2.75) is 0 Å². The second-order valence-corrected chi connectivity index (χ2v) is 8.26. The molecule has 1 nitrogen and oxygen atoms in total. The summed E-state index contributed by atoms with van der Waals surface area (Å²) in [6.45, 7) is 0. The van der Waals surface area contributed by atoms with Crippen molar-refractivity contribution in [1.82, 2.24) is 4.98 Å². The number of thiazole rings is 1. The minimum absolute atomic E-state index is 0.310. The molecular formula is C13H8BrNSSe. The zero-order chi connectivity index (χ0) is 11.7. The zero-order valence-corrected chi connectivity index (χ0v) is 12.9. The summed E-state index contributed by atoms with van der Waals surface area (Å²) in [4.78, 5) is 4.67. The van der Waals surface area contributed by atoms with Crippen LogP contribution in [0, 0.1) is 0 Å². The molecule has 17 heavy (non-hydrogen) atoms. The minimum atomic E-state index is 0.310. The third-order valence-corrected chi connectivity index (χ3v) is 6.23. The molecule has 0 radical (unpaired) electrons. The van der Waals surface area contributed by atoms with Crippen molar-refractivity contribution in [2.24, 2.45) is 0 Å². The molecule has 0 fully saturated rings. The predicted octanol–water partition coefficient (Wildman–Crippen LogP) is 2.71. The Bertz CT molecular complexity index is 615. The molecule has 1 heterocycles. The van der Waals surface area contributed by atoms with E-state index in [-0.39, 0.29) is 0 Å². The van der Waals surface area contributed by atoms with Crippen LogP contribution in [0.1, 0.15) is 0 Å². The Morgan fingerprint density at radius 1 is 1.00 bits per heavy atom. The van der Waals surface area contributed by atoms with E-state index in [0.717, 1.165) is 9.99 Å². The van der Waals surface area contributed by atoms with Gasteiger partial charge in [-0.1, -0.05) is 0 Å². The van der Waals surface area contributed by atoms with Crippen LogP contribution in [0.25, 0.3) is 10.2 Å². The Hall–Kier alpha value is -0.671. The molecule has 0 amide bonds. The van der Waals surface area contributed by atoms with Gasteiger partial charge < -0.3 is 0 Å². The number of benzene rings is 2. The maximum absolute atomic E-state index is 4.67. The average Bonchev–Trinajstić information content (AvgIpc) is 2.74. The fourth-order valence-electron chi connectivity index (χ4n) is 1.50. The van der Waals surface area contributed by atoms with Crippen molar-refractivity contribution < 1.29 is 0 Å². The first-order valence-corrected chi connectivity index (χ1v) is 8.42. The third-order valence-electron chi connectivity index (χ3n) is 2.29. The first-order valence-electron chi connectivity index (χ1n) is 5.10. The summed E-state index contributed by atoms with van der Waals surface area (Å²) >= 11 is 5.56. The number of rotatable bonds is 2. The quantitative estimate of drug-likeness (QED) is 0.634. The van der Waals surface area contributed by atoms with E-state index >= 15 is 0 Å². The van der Waals surface area contributed by atoms with E-state index in [4.69, 9.17) is 0 Å². The molecule has 0 aliphatic carbocycles. The van der Waals surface area contributed by atoms with Gasteiger partial charge >= 0.3 is 119 Å². The predicted molar refractivity (Wildman–Crippen MR) is 78.8 cm³/mol. The fourth-order valence-corrected chi connectivity index (χ4v) is 5.12. The molecule has 84 valence electrons. The normalized spacial score (nSPS) is 10.9. The molecule has 0 aliphatic rings.